The monoisotopic (exact) mass is 507 g/mol. The number of hydrogen-bond acceptors (Lipinski definition) is 4. The molecule has 0 atom stereocenters. The second-order valence-corrected chi connectivity index (χ2v) is 10.8. The van der Waals surface area contributed by atoms with Crippen molar-refractivity contribution < 1.29 is 18.1 Å². The Kier molecular flexibility index (Phi) is 7.99. The third-order valence-corrected chi connectivity index (χ3v) is 7.74. The smallest absolute Gasteiger partial charge is 0.295 e. The summed E-state index contributed by atoms with van der Waals surface area (Å²) < 4.78 is 27.8. The molecule has 31 heavy (non-hydrogen) atoms. The minimum atomic E-state index is -3.51. The maximum atomic E-state index is 12.8. The van der Waals surface area contributed by atoms with Gasteiger partial charge < -0.3 is 4.90 Å². The molecule has 166 valence electrons. The number of hydrogen-bond donors (Lipinski definition) is 2. The lowest BCUT2D eigenvalue weighted by molar-refractivity contribution is -0.895. The van der Waals surface area contributed by atoms with Crippen molar-refractivity contribution >= 4 is 38.1 Å². The van der Waals surface area contributed by atoms with E-state index in [-0.39, 0.29) is 17.3 Å². The largest absolute Gasteiger partial charge is 0.325 e. The van der Waals surface area contributed by atoms with Crippen LogP contribution in [0.25, 0.3) is 0 Å². The fourth-order valence-corrected chi connectivity index (χ4v) is 5.09. The Morgan fingerprint density at radius 1 is 1.13 bits per heavy atom. The van der Waals surface area contributed by atoms with E-state index in [0.29, 0.717) is 32.1 Å². The van der Waals surface area contributed by atoms with Crippen LogP contribution in [0.15, 0.2) is 63.0 Å². The van der Waals surface area contributed by atoms with Crippen LogP contribution in [0.4, 0.5) is 0 Å². The van der Waals surface area contributed by atoms with Crippen molar-refractivity contribution in [2.45, 2.75) is 24.7 Å². The van der Waals surface area contributed by atoms with Crippen molar-refractivity contribution in [3.8, 4) is 0 Å². The van der Waals surface area contributed by atoms with Crippen LogP contribution in [0.2, 0.25) is 0 Å². The average Bonchev–Trinajstić information content (AvgIpc) is 2.75. The third-order valence-electron chi connectivity index (χ3n) is 5.30. The highest BCUT2D eigenvalue weighted by atomic mass is 79.9. The Balaban J connectivity index is 1.46. The van der Waals surface area contributed by atoms with Crippen LogP contribution in [-0.4, -0.2) is 57.6 Å². The molecule has 0 radical (unpaired) electrons. The Hall–Kier alpha value is -2.07. The first kappa shape index (κ1) is 23.6. The molecule has 0 bridgehead atoms. The molecular weight excluding hydrogens is 480 g/mol. The third kappa shape index (κ3) is 6.46. The lowest BCUT2D eigenvalue weighted by Crippen LogP contribution is -3.15. The van der Waals surface area contributed by atoms with E-state index in [1.807, 2.05) is 12.1 Å². The molecule has 7 nitrogen and oxygen atoms in total. The first-order valence-electron chi connectivity index (χ1n) is 10.3. The zero-order valence-electron chi connectivity index (χ0n) is 17.7. The Morgan fingerprint density at radius 2 is 1.74 bits per heavy atom. The SMILES string of the molecule is CC(C)c1ccc(C=NNC(=O)C[NH+]2CCN(S(=O)(=O)c3ccc(Br)cc3)CC2)cc1. The number of hydrazone groups is 1. The number of quaternary nitrogens is 1. The number of rotatable bonds is 7. The standard InChI is InChI=1S/C22H27BrN4O3S/c1-17(2)19-5-3-18(4-6-19)15-24-25-22(28)16-26-11-13-27(14-12-26)31(29,30)21-9-7-20(23)8-10-21/h3-10,15,17H,11-14,16H2,1-2H3,(H,25,28)/p+1. The van der Waals surface area contributed by atoms with Crippen molar-refractivity contribution in [3.63, 3.8) is 0 Å². The maximum Gasteiger partial charge on any atom is 0.295 e. The van der Waals surface area contributed by atoms with E-state index < -0.39 is 10.0 Å². The van der Waals surface area contributed by atoms with Gasteiger partial charge in [-0.2, -0.15) is 9.41 Å². The summed E-state index contributed by atoms with van der Waals surface area (Å²) in [7, 11) is -3.51. The molecular formula is C22H28BrN4O3S+. The van der Waals surface area contributed by atoms with Crippen LogP contribution >= 0.6 is 15.9 Å². The highest BCUT2D eigenvalue weighted by Gasteiger charge is 2.31. The first-order valence-corrected chi connectivity index (χ1v) is 12.5. The predicted octanol–water partition coefficient (Wildman–Crippen LogP) is 1.61. The van der Waals surface area contributed by atoms with Gasteiger partial charge >= 0.3 is 0 Å². The molecule has 0 spiro atoms. The van der Waals surface area contributed by atoms with Crippen molar-refractivity contribution in [2.24, 2.45) is 5.10 Å². The van der Waals surface area contributed by atoms with Gasteiger partial charge in [-0.05, 0) is 41.3 Å². The van der Waals surface area contributed by atoms with E-state index in [0.717, 1.165) is 14.9 Å². The second-order valence-electron chi connectivity index (χ2n) is 7.90. The van der Waals surface area contributed by atoms with Crippen LogP contribution in [0.3, 0.4) is 0 Å². The number of halogens is 1. The zero-order valence-corrected chi connectivity index (χ0v) is 20.1. The van der Waals surface area contributed by atoms with Crippen LogP contribution in [0, 0.1) is 0 Å². The summed E-state index contributed by atoms with van der Waals surface area (Å²) in [4.78, 5) is 13.5. The summed E-state index contributed by atoms with van der Waals surface area (Å²) in [6.07, 6.45) is 1.63. The van der Waals surface area contributed by atoms with Crippen molar-refractivity contribution in [1.82, 2.24) is 9.73 Å². The van der Waals surface area contributed by atoms with Crippen LogP contribution < -0.4 is 10.3 Å². The van der Waals surface area contributed by atoms with E-state index in [4.69, 9.17) is 0 Å². The summed E-state index contributed by atoms with van der Waals surface area (Å²) in [6.45, 7) is 6.45. The molecule has 1 saturated heterocycles. The normalized spacial score (nSPS) is 16.1. The number of benzene rings is 2. The molecule has 1 aliphatic rings. The van der Waals surface area contributed by atoms with Gasteiger partial charge in [0.2, 0.25) is 10.0 Å². The van der Waals surface area contributed by atoms with Gasteiger partial charge in [-0.25, -0.2) is 13.8 Å². The molecule has 1 heterocycles. The van der Waals surface area contributed by atoms with Gasteiger partial charge in [-0.1, -0.05) is 54.0 Å². The van der Waals surface area contributed by atoms with Gasteiger partial charge in [-0.3, -0.25) is 4.79 Å². The van der Waals surface area contributed by atoms with E-state index in [2.05, 4.69) is 52.4 Å². The van der Waals surface area contributed by atoms with Gasteiger partial charge in [0.1, 0.15) is 0 Å². The molecule has 1 amide bonds. The van der Waals surface area contributed by atoms with E-state index in [1.54, 1.807) is 30.5 Å². The molecule has 0 aromatic heterocycles. The zero-order chi connectivity index (χ0) is 22.4. The lowest BCUT2D eigenvalue weighted by atomic mass is 10.0. The van der Waals surface area contributed by atoms with Gasteiger partial charge in [0.25, 0.3) is 5.91 Å². The lowest BCUT2D eigenvalue weighted by Gasteiger charge is -2.31. The first-order chi connectivity index (χ1) is 14.8. The molecule has 3 rings (SSSR count). The second kappa shape index (κ2) is 10.5. The highest BCUT2D eigenvalue weighted by Crippen LogP contribution is 2.18. The molecule has 0 unspecified atom stereocenters. The van der Waals surface area contributed by atoms with Crippen LogP contribution in [0.5, 0.6) is 0 Å². The summed E-state index contributed by atoms with van der Waals surface area (Å²) in [5.74, 6) is 0.285. The Labute approximate surface area is 192 Å². The highest BCUT2D eigenvalue weighted by molar-refractivity contribution is 9.10. The molecule has 9 heteroatoms. The molecule has 1 fully saturated rings. The van der Waals surface area contributed by atoms with E-state index in [1.165, 1.54) is 9.87 Å². The Bertz CT molecular complexity index is 1010. The van der Waals surface area contributed by atoms with E-state index >= 15 is 0 Å². The summed E-state index contributed by atoms with van der Waals surface area (Å²) in [5.41, 5.74) is 4.74. The van der Waals surface area contributed by atoms with Crippen molar-refractivity contribution in [3.05, 3.63) is 64.1 Å². The molecule has 0 aliphatic carbocycles. The fourth-order valence-electron chi connectivity index (χ4n) is 3.39. The minimum Gasteiger partial charge on any atom is -0.325 e. The number of piperazine rings is 1. The number of sulfonamides is 1. The van der Waals surface area contributed by atoms with Crippen molar-refractivity contribution in [1.29, 1.82) is 0 Å². The molecule has 2 aromatic rings. The topological polar surface area (TPSA) is 83.3 Å². The molecule has 1 aliphatic heterocycles. The number of nitrogens with one attached hydrogen (secondary N) is 2. The van der Waals surface area contributed by atoms with Gasteiger partial charge in [0.15, 0.2) is 6.54 Å². The number of carbonyl (C=O) groups excluding carboxylic acids is 1. The van der Waals surface area contributed by atoms with Crippen LogP contribution in [0.1, 0.15) is 30.9 Å². The molecule has 2 N–H and O–H groups in total. The minimum absolute atomic E-state index is 0.186. The molecule has 2 aromatic carbocycles. The summed E-state index contributed by atoms with van der Waals surface area (Å²) in [6, 6.07) is 14.7. The fraction of sp³-hybridized carbons (Fsp3) is 0.364. The summed E-state index contributed by atoms with van der Waals surface area (Å²) >= 11 is 3.32. The summed E-state index contributed by atoms with van der Waals surface area (Å²) in [5, 5.41) is 4.03. The maximum absolute atomic E-state index is 12.8. The van der Waals surface area contributed by atoms with Crippen molar-refractivity contribution in [2.75, 3.05) is 32.7 Å². The van der Waals surface area contributed by atoms with Gasteiger partial charge in [-0.15, -0.1) is 0 Å². The van der Waals surface area contributed by atoms with Gasteiger partial charge in [0, 0.05) is 4.47 Å². The number of nitrogens with zero attached hydrogens (tertiary/aromatic N) is 2. The number of amides is 1. The quantitative estimate of drug-likeness (QED) is 0.441. The average molecular weight is 508 g/mol. The van der Waals surface area contributed by atoms with Gasteiger partial charge in [0.05, 0.1) is 37.3 Å². The number of carbonyl (C=O) groups is 1. The predicted molar refractivity (Wildman–Crippen MR) is 125 cm³/mol. The Morgan fingerprint density at radius 3 is 2.32 bits per heavy atom. The van der Waals surface area contributed by atoms with Crippen LogP contribution in [-0.2, 0) is 14.8 Å². The van der Waals surface area contributed by atoms with E-state index in [9.17, 15) is 13.2 Å². The molecule has 0 saturated carbocycles.